The predicted octanol–water partition coefficient (Wildman–Crippen LogP) is 0.828. The SMILES string of the molecule is CCC(C)c1cncn1CC(=O)N1CCNCC1. The molecule has 100 valence electrons. The Labute approximate surface area is 108 Å². The standard InChI is InChI=1S/C13H22N4O/c1-3-11(2)12-8-15-10-17(12)9-13(18)16-6-4-14-5-7-16/h8,10-11,14H,3-7,9H2,1-2H3. The molecule has 1 unspecified atom stereocenters. The van der Waals surface area contributed by atoms with Gasteiger partial charge >= 0.3 is 0 Å². The number of carbonyl (C=O) groups excluding carboxylic acids is 1. The van der Waals surface area contributed by atoms with Crippen LogP contribution < -0.4 is 5.32 Å². The smallest absolute Gasteiger partial charge is 0.242 e. The minimum Gasteiger partial charge on any atom is -0.339 e. The second-order valence-corrected chi connectivity index (χ2v) is 4.89. The molecule has 1 saturated heterocycles. The van der Waals surface area contributed by atoms with Gasteiger partial charge in [-0.3, -0.25) is 4.79 Å². The van der Waals surface area contributed by atoms with Crippen LogP contribution in [0, 0.1) is 0 Å². The molecule has 2 heterocycles. The average Bonchev–Trinajstić information content (AvgIpc) is 2.87. The van der Waals surface area contributed by atoms with Gasteiger partial charge in [-0.15, -0.1) is 0 Å². The normalized spacial score (nSPS) is 17.8. The van der Waals surface area contributed by atoms with E-state index in [2.05, 4.69) is 24.1 Å². The lowest BCUT2D eigenvalue weighted by Gasteiger charge is -2.28. The van der Waals surface area contributed by atoms with Crippen LogP contribution in [0.3, 0.4) is 0 Å². The van der Waals surface area contributed by atoms with Gasteiger partial charge in [-0.1, -0.05) is 13.8 Å². The van der Waals surface area contributed by atoms with Gasteiger partial charge < -0.3 is 14.8 Å². The molecule has 1 atom stereocenters. The molecule has 0 radical (unpaired) electrons. The topological polar surface area (TPSA) is 50.2 Å². The maximum Gasteiger partial charge on any atom is 0.242 e. The lowest BCUT2D eigenvalue weighted by molar-refractivity contribution is -0.132. The van der Waals surface area contributed by atoms with Crippen molar-refractivity contribution < 1.29 is 4.79 Å². The molecule has 0 spiro atoms. The average molecular weight is 250 g/mol. The fraction of sp³-hybridized carbons (Fsp3) is 0.692. The molecule has 1 N–H and O–H groups in total. The van der Waals surface area contributed by atoms with E-state index in [9.17, 15) is 4.79 Å². The van der Waals surface area contributed by atoms with E-state index < -0.39 is 0 Å². The summed E-state index contributed by atoms with van der Waals surface area (Å²) in [7, 11) is 0. The van der Waals surface area contributed by atoms with E-state index in [1.54, 1.807) is 6.33 Å². The maximum absolute atomic E-state index is 12.2. The fourth-order valence-corrected chi connectivity index (χ4v) is 2.24. The van der Waals surface area contributed by atoms with Crippen LogP contribution in [0.2, 0.25) is 0 Å². The van der Waals surface area contributed by atoms with Gasteiger partial charge in [0.1, 0.15) is 6.54 Å². The van der Waals surface area contributed by atoms with Crippen molar-refractivity contribution in [1.29, 1.82) is 0 Å². The zero-order chi connectivity index (χ0) is 13.0. The van der Waals surface area contributed by atoms with Gasteiger partial charge in [0.25, 0.3) is 0 Å². The van der Waals surface area contributed by atoms with Gasteiger partial charge in [0, 0.05) is 38.1 Å². The minimum absolute atomic E-state index is 0.194. The molecule has 1 aliphatic heterocycles. The molecule has 0 bridgehead atoms. The third kappa shape index (κ3) is 2.90. The first kappa shape index (κ1) is 13.1. The number of imidazole rings is 1. The van der Waals surface area contributed by atoms with Crippen molar-refractivity contribution in [3.05, 3.63) is 18.2 Å². The van der Waals surface area contributed by atoms with Crippen molar-refractivity contribution in [3.63, 3.8) is 0 Å². The van der Waals surface area contributed by atoms with Crippen molar-refractivity contribution in [3.8, 4) is 0 Å². The number of piperazine rings is 1. The molecule has 5 heteroatoms. The second-order valence-electron chi connectivity index (χ2n) is 4.89. The van der Waals surface area contributed by atoms with Gasteiger partial charge in [-0.05, 0) is 12.3 Å². The molecular formula is C13H22N4O. The van der Waals surface area contributed by atoms with E-state index in [-0.39, 0.29) is 5.91 Å². The Morgan fingerprint density at radius 2 is 2.22 bits per heavy atom. The second kappa shape index (κ2) is 6.00. The molecule has 1 aromatic rings. The largest absolute Gasteiger partial charge is 0.339 e. The van der Waals surface area contributed by atoms with Gasteiger partial charge in [0.15, 0.2) is 0 Å². The summed E-state index contributed by atoms with van der Waals surface area (Å²) in [4.78, 5) is 18.3. The molecule has 1 amide bonds. The summed E-state index contributed by atoms with van der Waals surface area (Å²) in [5.74, 6) is 0.641. The lowest BCUT2D eigenvalue weighted by Crippen LogP contribution is -2.47. The molecule has 0 aromatic carbocycles. The molecule has 0 saturated carbocycles. The molecule has 2 rings (SSSR count). The molecule has 0 aliphatic carbocycles. The summed E-state index contributed by atoms with van der Waals surface area (Å²) in [6.07, 6.45) is 4.70. The highest BCUT2D eigenvalue weighted by atomic mass is 16.2. The number of aromatic nitrogens is 2. The van der Waals surface area contributed by atoms with E-state index in [0.29, 0.717) is 12.5 Å². The number of nitrogens with zero attached hydrogens (tertiary/aromatic N) is 3. The van der Waals surface area contributed by atoms with Crippen molar-refractivity contribution in [2.45, 2.75) is 32.7 Å². The Morgan fingerprint density at radius 3 is 2.89 bits per heavy atom. The fourth-order valence-electron chi connectivity index (χ4n) is 2.24. The third-order valence-corrected chi connectivity index (χ3v) is 3.64. The first-order valence-corrected chi connectivity index (χ1v) is 6.71. The first-order chi connectivity index (χ1) is 8.72. The van der Waals surface area contributed by atoms with Crippen molar-refractivity contribution in [1.82, 2.24) is 19.8 Å². The predicted molar refractivity (Wildman–Crippen MR) is 70.4 cm³/mol. The van der Waals surface area contributed by atoms with E-state index in [0.717, 1.165) is 38.3 Å². The van der Waals surface area contributed by atoms with Crippen LogP contribution in [-0.4, -0.2) is 46.5 Å². The van der Waals surface area contributed by atoms with Crippen LogP contribution in [0.5, 0.6) is 0 Å². The number of carbonyl (C=O) groups is 1. The van der Waals surface area contributed by atoms with Gasteiger partial charge in [-0.2, -0.15) is 0 Å². The number of rotatable bonds is 4. The van der Waals surface area contributed by atoms with Crippen LogP contribution in [0.4, 0.5) is 0 Å². The van der Waals surface area contributed by atoms with Crippen LogP contribution in [-0.2, 0) is 11.3 Å². The molecular weight excluding hydrogens is 228 g/mol. The first-order valence-electron chi connectivity index (χ1n) is 6.71. The highest BCUT2D eigenvalue weighted by Crippen LogP contribution is 2.18. The summed E-state index contributed by atoms with van der Waals surface area (Å²) >= 11 is 0. The van der Waals surface area contributed by atoms with Crippen molar-refractivity contribution >= 4 is 5.91 Å². The number of amides is 1. The number of hydrogen-bond acceptors (Lipinski definition) is 3. The Bertz CT molecular complexity index is 395. The maximum atomic E-state index is 12.2. The number of hydrogen-bond donors (Lipinski definition) is 1. The highest BCUT2D eigenvalue weighted by Gasteiger charge is 2.18. The van der Waals surface area contributed by atoms with E-state index in [1.165, 1.54) is 0 Å². The Morgan fingerprint density at radius 1 is 1.50 bits per heavy atom. The van der Waals surface area contributed by atoms with E-state index >= 15 is 0 Å². The zero-order valence-electron chi connectivity index (χ0n) is 11.2. The molecule has 5 nitrogen and oxygen atoms in total. The molecule has 1 fully saturated rings. The summed E-state index contributed by atoms with van der Waals surface area (Å²) in [5, 5.41) is 3.25. The van der Waals surface area contributed by atoms with E-state index in [4.69, 9.17) is 0 Å². The van der Waals surface area contributed by atoms with Gasteiger partial charge in [-0.25, -0.2) is 4.98 Å². The van der Waals surface area contributed by atoms with E-state index in [1.807, 2.05) is 15.7 Å². The molecule has 1 aliphatic rings. The monoisotopic (exact) mass is 250 g/mol. The third-order valence-electron chi connectivity index (χ3n) is 3.64. The summed E-state index contributed by atoms with van der Waals surface area (Å²) < 4.78 is 1.98. The minimum atomic E-state index is 0.194. The summed E-state index contributed by atoms with van der Waals surface area (Å²) in [5.41, 5.74) is 1.15. The zero-order valence-corrected chi connectivity index (χ0v) is 11.2. The van der Waals surface area contributed by atoms with Gasteiger partial charge in [0.2, 0.25) is 5.91 Å². The van der Waals surface area contributed by atoms with Crippen molar-refractivity contribution in [2.24, 2.45) is 0 Å². The van der Waals surface area contributed by atoms with Crippen LogP contribution in [0.1, 0.15) is 31.9 Å². The molecule has 18 heavy (non-hydrogen) atoms. The van der Waals surface area contributed by atoms with Gasteiger partial charge in [0.05, 0.1) is 6.33 Å². The number of nitrogens with one attached hydrogen (secondary N) is 1. The van der Waals surface area contributed by atoms with Crippen LogP contribution in [0.15, 0.2) is 12.5 Å². The van der Waals surface area contributed by atoms with Crippen LogP contribution >= 0.6 is 0 Å². The quantitative estimate of drug-likeness (QED) is 0.861. The Hall–Kier alpha value is -1.36. The molecule has 1 aromatic heterocycles. The lowest BCUT2D eigenvalue weighted by atomic mass is 10.1. The van der Waals surface area contributed by atoms with Crippen LogP contribution in [0.25, 0.3) is 0 Å². The highest BCUT2D eigenvalue weighted by molar-refractivity contribution is 5.76. The Balaban J connectivity index is 2.00. The summed E-state index contributed by atoms with van der Waals surface area (Å²) in [6.45, 7) is 8.16. The summed E-state index contributed by atoms with van der Waals surface area (Å²) in [6, 6.07) is 0. The Kier molecular flexibility index (Phi) is 4.36. The van der Waals surface area contributed by atoms with Crippen molar-refractivity contribution in [2.75, 3.05) is 26.2 Å².